The van der Waals surface area contributed by atoms with Crippen LogP contribution in [0.2, 0.25) is 0 Å². The molecular weight excluding hydrogens is 281 g/mol. The Morgan fingerprint density at radius 2 is 2.00 bits per heavy atom. The van der Waals surface area contributed by atoms with Crippen molar-refractivity contribution in [1.82, 2.24) is 0 Å². The SMILES string of the molecule is N#Cc1cc(NCC2CCCCC2O)ccc1C(F)(F)F. The number of nitrogens with zero attached hydrogens (tertiary/aromatic N) is 1. The minimum Gasteiger partial charge on any atom is -0.393 e. The second kappa shape index (κ2) is 6.35. The molecule has 2 atom stereocenters. The number of anilines is 1. The van der Waals surface area contributed by atoms with Crippen molar-refractivity contribution in [2.45, 2.75) is 38.0 Å². The summed E-state index contributed by atoms with van der Waals surface area (Å²) < 4.78 is 38.1. The van der Waals surface area contributed by atoms with Gasteiger partial charge >= 0.3 is 6.18 Å². The van der Waals surface area contributed by atoms with Crippen LogP contribution in [0.1, 0.15) is 36.8 Å². The third-order valence-electron chi connectivity index (χ3n) is 3.88. The molecule has 1 fully saturated rings. The van der Waals surface area contributed by atoms with Gasteiger partial charge in [-0.15, -0.1) is 0 Å². The van der Waals surface area contributed by atoms with Crippen molar-refractivity contribution in [2.24, 2.45) is 5.92 Å². The lowest BCUT2D eigenvalue weighted by Gasteiger charge is -2.28. The van der Waals surface area contributed by atoms with E-state index in [4.69, 9.17) is 5.26 Å². The van der Waals surface area contributed by atoms with Gasteiger partial charge in [0.25, 0.3) is 0 Å². The van der Waals surface area contributed by atoms with E-state index in [9.17, 15) is 18.3 Å². The minimum atomic E-state index is -4.52. The fourth-order valence-electron chi connectivity index (χ4n) is 2.67. The van der Waals surface area contributed by atoms with Gasteiger partial charge in [0.1, 0.15) is 0 Å². The average molecular weight is 298 g/mol. The predicted molar refractivity (Wildman–Crippen MR) is 72.6 cm³/mol. The van der Waals surface area contributed by atoms with Crippen molar-refractivity contribution in [1.29, 1.82) is 5.26 Å². The fraction of sp³-hybridized carbons (Fsp3) is 0.533. The number of nitrogens with one attached hydrogen (secondary N) is 1. The second-order valence-electron chi connectivity index (χ2n) is 5.36. The van der Waals surface area contributed by atoms with E-state index < -0.39 is 17.3 Å². The van der Waals surface area contributed by atoms with E-state index in [-0.39, 0.29) is 12.0 Å². The van der Waals surface area contributed by atoms with Gasteiger partial charge < -0.3 is 10.4 Å². The number of halogens is 3. The molecule has 0 spiro atoms. The molecule has 1 aliphatic carbocycles. The zero-order valence-electron chi connectivity index (χ0n) is 11.5. The van der Waals surface area contributed by atoms with Crippen molar-refractivity contribution >= 4 is 5.69 Å². The molecule has 21 heavy (non-hydrogen) atoms. The summed E-state index contributed by atoms with van der Waals surface area (Å²) in [7, 11) is 0. The number of alkyl halides is 3. The molecule has 0 radical (unpaired) electrons. The van der Waals surface area contributed by atoms with E-state index in [1.54, 1.807) is 6.07 Å². The molecule has 114 valence electrons. The Morgan fingerprint density at radius 1 is 1.29 bits per heavy atom. The molecule has 2 N–H and O–H groups in total. The summed E-state index contributed by atoms with van der Waals surface area (Å²) in [4.78, 5) is 0. The molecule has 0 aromatic heterocycles. The van der Waals surface area contributed by atoms with Gasteiger partial charge in [-0.2, -0.15) is 18.4 Å². The first-order chi connectivity index (χ1) is 9.91. The summed E-state index contributed by atoms with van der Waals surface area (Å²) in [6.07, 6.45) is -1.15. The van der Waals surface area contributed by atoms with Crippen LogP contribution < -0.4 is 5.32 Å². The van der Waals surface area contributed by atoms with Crippen LogP contribution in [0.4, 0.5) is 18.9 Å². The maximum atomic E-state index is 12.7. The number of nitriles is 1. The average Bonchev–Trinajstić information content (AvgIpc) is 2.45. The summed E-state index contributed by atoms with van der Waals surface area (Å²) in [5.74, 6) is 0.103. The largest absolute Gasteiger partial charge is 0.417 e. The first-order valence-electron chi connectivity index (χ1n) is 6.95. The number of rotatable bonds is 3. The summed E-state index contributed by atoms with van der Waals surface area (Å²) in [5.41, 5.74) is -0.845. The molecule has 1 aliphatic rings. The van der Waals surface area contributed by atoms with Crippen LogP contribution in [0.5, 0.6) is 0 Å². The predicted octanol–water partition coefficient (Wildman–Crippen LogP) is 3.54. The highest BCUT2D eigenvalue weighted by atomic mass is 19.4. The topological polar surface area (TPSA) is 56.0 Å². The third-order valence-corrected chi connectivity index (χ3v) is 3.88. The van der Waals surface area contributed by atoms with Gasteiger partial charge in [0, 0.05) is 18.2 Å². The molecule has 0 saturated heterocycles. The van der Waals surface area contributed by atoms with Crippen LogP contribution in [0.3, 0.4) is 0 Å². The molecule has 0 bridgehead atoms. The van der Waals surface area contributed by atoms with Crippen LogP contribution in [0, 0.1) is 17.2 Å². The molecule has 0 aliphatic heterocycles. The Hall–Kier alpha value is -1.74. The van der Waals surface area contributed by atoms with E-state index in [2.05, 4.69) is 5.32 Å². The maximum absolute atomic E-state index is 12.7. The zero-order valence-corrected chi connectivity index (χ0v) is 11.5. The molecule has 1 saturated carbocycles. The number of benzene rings is 1. The first kappa shape index (κ1) is 15.6. The minimum absolute atomic E-state index is 0.103. The molecule has 6 heteroatoms. The van der Waals surface area contributed by atoms with Gasteiger partial charge in [-0.3, -0.25) is 0 Å². The Labute approximate surface area is 121 Å². The number of aliphatic hydroxyl groups is 1. The first-order valence-corrected chi connectivity index (χ1v) is 6.95. The van der Waals surface area contributed by atoms with Gasteiger partial charge in [-0.05, 0) is 31.0 Å². The van der Waals surface area contributed by atoms with Crippen molar-refractivity contribution in [2.75, 3.05) is 11.9 Å². The summed E-state index contributed by atoms with van der Waals surface area (Å²) in [6.45, 7) is 0.497. The highest BCUT2D eigenvalue weighted by Gasteiger charge is 2.33. The van der Waals surface area contributed by atoms with E-state index >= 15 is 0 Å². The maximum Gasteiger partial charge on any atom is 0.417 e. The lowest BCUT2D eigenvalue weighted by atomic mass is 9.86. The Balaban J connectivity index is 2.06. The zero-order chi connectivity index (χ0) is 15.5. The van der Waals surface area contributed by atoms with Crippen molar-refractivity contribution in [3.8, 4) is 6.07 Å². The third kappa shape index (κ3) is 3.88. The van der Waals surface area contributed by atoms with Crippen molar-refractivity contribution in [3.05, 3.63) is 29.3 Å². The normalized spacial score (nSPS) is 22.6. The van der Waals surface area contributed by atoms with Gasteiger partial charge in [0.15, 0.2) is 0 Å². The molecule has 3 nitrogen and oxygen atoms in total. The van der Waals surface area contributed by atoms with E-state index in [0.29, 0.717) is 12.2 Å². The van der Waals surface area contributed by atoms with E-state index in [1.165, 1.54) is 12.1 Å². The lowest BCUT2D eigenvalue weighted by molar-refractivity contribution is -0.137. The smallest absolute Gasteiger partial charge is 0.393 e. The van der Waals surface area contributed by atoms with Crippen molar-refractivity contribution in [3.63, 3.8) is 0 Å². The van der Waals surface area contributed by atoms with Crippen LogP contribution in [-0.2, 0) is 6.18 Å². The highest BCUT2D eigenvalue weighted by Crippen LogP contribution is 2.33. The molecule has 2 unspecified atom stereocenters. The monoisotopic (exact) mass is 298 g/mol. The molecule has 1 aromatic rings. The molecule has 2 rings (SSSR count). The number of hydrogen-bond acceptors (Lipinski definition) is 3. The number of hydrogen-bond donors (Lipinski definition) is 2. The Morgan fingerprint density at radius 3 is 2.62 bits per heavy atom. The van der Waals surface area contributed by atoms with Gasteiger partial charge in [-0.25, -0.2) is 0 Å². The number of aliphatic hydroxyl groups excluding tert-OH is 1. The van der Waals surface area contributed by atoms with Gasteiger partial charge in [0.05, 0.1) is 23.3 Å². The van der Waals surface area contributed by atoms with Gasteiger partial charge in [-0.1, -0.05) is 12.8 Å². The standard InChI is InChI=1S/C15H17F3N2O/c16-15(17,18)13-6-5-12(7-11(13)8-19)20-9-10-3-1-2-4-14(10)21/h5-7,10,14,20-21H,1-4,9H2. The molecule has 1 aromatic carbocycles. The highest BCUT2D eigenvalue weighted by molar-refractivity contribution is 5.53. The lowest BCUT2D eigenvalue weighted by Crippen LogP contribution is -2.30. The van der Waals surface area contributed by atoms with Crippen LogP contribution in [0.15, 0.2) is 18.2 Å². The fourth-order valence-corrected chi connectivity index (χ4v) is 2.67. The van der Waals surface area contributed by atoms with E-state index in [1.807, 2.05) is 0 Å². The molecular formula is C15H17F3N2O. The summed E-state index contributed by atoms with van der Waals surface area (Å²) >= 11 is 0. The van der Waals surface area contributed by atoms with Crippen LogP contribution in [-0.4, -0.2) is 17.8 Å². The molecule has 0 amide bonds. The summed E-state index contributed by atoms with van der Waals surface area (Å²) in [6, 6.07) is 5.02. The van der Waals surface area contributed by atoms with Crippen molar-refractivity contribution < 1.29 is 18.3 Å². The Bertz CT molecular complexity index is 537. The van der Waals surface area contributed by atoms with Crippen LogP contribution in [0.25, 0.3) is 0 Å². The quantitative estimate of drug-likeness (QED) is 0.897. The van der Waals surface area contributed by atoms with E-state index in [0.717, 1.165) is 31.7 Å². The van der Waals surface area contributed by atoms with Crippen LogP contribution >= 0.6 is 0 Å². The second-order valence-corrected chi connectivity index (χ2v) is 5.36. The molecule has 0 heterocycles. The summed E-state index contributed by atoms with van der Waals surface area (Å²) in [5, 5.41) is 21.7. The Kier molecular flexibility index (Phi) is 4.73. The van der Waals surface area contributed by atoms with Gasteiger partial charge in [0.2, 0.25) is 0 Å².